The maximum Gasteiger partial charge on any atom is 0.345 e. The van der Waals surface area contributed by atoms with Crippen LogP contribution < -0.4 is 5.69 Å². The van der Waals surface area contributed by atoms with Crippen LogP contribution in [-0.4, -0.2) is 9.97 Å². The van der Waals surface area contributed by atoms with Crippen molar-refractivity contribution in [3.63, 3.8) is 0 Å². The van der Waals surface area contributed by atoms with Gasteiger partial charge in [-0.1, -0.05) is 63.4 Å². The Hall–Kier alpha value is -1.90. The second-order valence-corrected chi connectivity index (χ2v) is 7.65. The van der Waals surface area contributed by atoms with Crippen LogP contribution in [0.25, 0.3) is 0 Å². The van der Waals surface area contributed by atoms with Crippen molar-refractivity contribution >= 4 is 0 Å². The van der Waals surface area contributed by atoms with Crippen LogP contribution in [-0.2, 0) is 12.8 Å². The highest BCUT2D eigenvalue weighted by Gasteiger charge is 2.23. The van der Waals surface area contributed by atoms with Crippen LogP contribution in [0.2, 0.25) is 0 Å². The van der Waals surface area contributed by atoms with Gasteiger partial charge in [-0.3, -0.25) is 0 Å². The van der Waals surface area contributed by atoms with E-state index in [9.17, 15) is 4.79 Å². The second-order valence-electron chi connectivity index (χ2n) is 7.65. The summed E-state index contributed by atoms with van der Waals surface area (Å²) in [4.78, 5) is 19.6. The molecule has 1 aliphatic carbocycles. The van der Waals surface area contributed by atoms with Crippen molar-refractivity contribution in [1.82, 2.24) is 9.97 Å². The Balaban J connectivity index is 1.84. The number of nitrogens with zero attached hydrogens (tertiary/aromatic N) is 1. The van der Waals surface area contributed by atoms with Gasteiger partial charge in [0.25, 0.3) is 0 Å². The number of aromatic nitrogens is 2. The highest BCUT2D eigenvalue weighted by Crippen LogP contribution is 2.35. The van der Waals surface area contributed by atoms with Crippen molar-refractivity contribution in [3.05, 3.63) is 63.3 Å². The Kier molecular flexibility index (Phi) is 6.06. The quantitative estimate of drug-likeness (QED) is 0.795. The van der Waals surface area contributed by atoms with Gasteiger partial charge in [-0.2, -0.15) is 4.98 Å². The molecule has 134 valence electrons. The predicted molar refractivity (Wildman–Crippen MR) is 103 cm³/mol. The van der Waals surface area contributed by atoms with Crippen molar-refractivity contribution < 1.29 is 0 Å². The maximum absolute atomic E-state index is 12.1. The summed E-state index contributed by atoms with van der Waals surface area (Å²) in [5.41, 5.74) is 4.73. The Bertz CT molecular complexity index is 727. The fraction of sp³-hybridized carbons (Fsp3) is 0.545. The van der Waals surface area contributed by atoms with E-state index >= 15 is 0 Å². The summed E-state index contributed by atoms with van der Waals surface area (Å²) in [5, 5.41) is 0. The Morgan fingerprint density at radius 1 is 1.08 bits per heavy atom. The molecule has 0 saturated heterocycles. The van der Waals surface area contributed by atoms with Gasteiger partial charge >= 0.3 is 5.69 Å². The fourth-order valence-corrected chi connectivity index (χ4v) is 4.13. The molecule has 1 N–H and O–H groups in total. The summed E-state index contributed by atoms with van der Waals surface area (Å²) in [7, 11) is 0. The molecule has 3 rings (SSSR count). The van der Waals surface area contributed by atoms with Gasteiger partial charge in [-0.05, 0) is 55.1 Å². The average Bonchev–Trinajstić information content (AvgIpc) is 2.64. The van der Waals surface area contributed by atoms with Gasteiger partial charge in [0, 0.05) is 5.69 Å². The molecule has 0 radical (unpaired) electrons. The molecule has 0 bridgehead atoms. The lowest BCUT2D eigenvalue weighted by Crippen LogP contribution is -2.23. The SMILES string of the molecule is CC(C)c1nc(=O)[nH]c(C2CCCCC2)c1CCCc1ccccc1. The molecule has 1 aromatic carbocycles. The second kappa shape index (κ2) is 8.46. The van der Waals surface area contributed by atoms with Crippen molar-refractivity contribution in [2.45, 2.75) is 77.0 Å². The van der Waals surface area contributed by atoms with Crippen molar-refractivity contribution in [2.75, 3.05) is 0 Å². The molecule has 0 atom stereocenters. The smallest absolute Gasteiger partial charge is 0.309 e. The first-order chi connectivity index (χ1) is 12.1. The molecule has 2 aromatic rings. The largest absolute Gasteiger partial charge is 0.345 e. The van der Waals surface area contributed by atoms with Crippen molar-refractivity contribution in [3.8, 4) is 0 Å². The minimum Gasteiger partial charge on any atom is -0.309 e. The zero-order valence-electron chi connectivity index (χ0n) is 15.6. The number of rotatable bonds is 6. The molecule has 1 saturated carbocycles. The van der Waals surface area contributed by atoms with E-state index in [0.29, 0.717) is 5.92 Å². The molecule has 0 amide bonds. The first-order valence-electron chi connectivity index (χ1n) is 9.82. The van der Waals surface area contributed by atoms with Gasteiger partial charge in [0.1, 0.15) is 0 Å². The van der Waals surface area contributed by atoms with Crippen LogP contribution in [0, 0.1) is 0 Å². The van der Waals surface area contributed by atoms with Gasteiger partial charge < -0.3 is 4.98 Å². The highest BCUT2D eigenvalue weighted by molar-refractivity contribution is 5.30. The Morgan fingerprint density at radius 2 is 1.80 bits per heavy atom. The lowest BCUT2D eigenvalue weighted by molar-refractivity contribution is 0.431. The molecule has 3 heteroatoms. The minimum absolute atomic E-state index is 0.170. The van der Waals surface area contributed by atoms with Gasteiger partial charge in [-0.15, -0.1) is 0 Å². The van der Waals surface area contributed by atoms with E-state index in [1.165, 1.54) is 48.9 Å². The van der Waals surface area contributed by atoms with Crippen LogP contribution in [0.1, 0.15) is 86.7 Å². The third-order valence-corrected chi connectivity index (χ3v) is 5.39. The molecular formula is C22H30N2O. The molecule has 3 nitrogen and oxygen atoms in total. The number of benzene rings is 1. The van der Waals surface area contributed by atoms with E-state index in [1.54, 1.807) is 0 Å². The minimum atomic E-state index is -0.170. The van der Waals surface area contributed by atoms with Crippen LogP contribution >= 0.6 is 0 Å². The van der Waals surface area contributed by atoms with E-state index in [1.807, 2.05) is 0 Å². The van der Waals surface area contributed by atoms with E-state index in [0.717, 1.165) is 25.0 Å². The summed E-state index contributed by atoms with van der Waals surface area (Å²) in [6, 6.07) is 10.6. The summed E-state index contributed by atoms with van der Waals surface area (Å²) in [6.07, 6.45) is 9.43. The number of hydrogen-bond acceptors (Lipinski definition) is 2. The summed E-state index contributed by atoms with van der Waals surface area (Å²) in [6.45, 7) is 4.29. The number of nitrogens with one attached hydrogen (secondary N) is 1. The molecular weight excluding hydrogens is 308 g/mol. The van der Waals surface area contributed by atoms with Gasteiger partial charge in [0.05, 0.1) is 5.69 Å². The summed E-state index contributed by atoms with van der Waals surface area (Å²) >= 11 is 0. The topological polar surface area (TPSA) is 45.8 Å². The van der Waals surface area contributed by atoms with Crippen LogP contribution in [0.5, 0.6) is 0 Å². The fourth-order valence-electron chi connectivity index (χ4n) is 4.13. The number of aromatic amines is 1. The normalized spacial score (nSPS) is 15.6. The molecule has 1 aliphatic rings. The summed E-state index contributed by atoms with van der Waals surface area (Å²) in [5.74, 6) is 0.796. The first kappa shape index (κ1) is 17.9. The molecule has 0 aliphatic heterocycles. The predicted octanol–water partition coefficient (Wildman–Crippen LogP) is 5.12. The summed E-state index contributed by atoms with van der Waals surface area (Å²) < 4.78 is 0. The first-order valence-corrected chi connectivity index (χ1v) is 9.82. The third kappa shape index (κ3) is 4.59. The average molecular weight is 338 g/mol. The van der Waals surface area contributed by atoms with E-state index in [2.05, 4.69) is 54.1 Å². The number of hydrogen-bond donors (Lipinski definition) is 1. The monoisotopic (exact) mass is 338 g/mol. The van der Waals surface area contributed by atoms with Gasteiger partial charge in [0.2, 0.25) is 0 Å². The van der Waals surface area contributed by atoms with E-state index in [4.69, 9.17) is 0 Å². The lowest BCUT2D eigenvalue weighted by atomic mass is 9.83. The van der Waals surface area contributed by atoms with Gasteiger partial charge in [-0.25, -0.2) is 4.79 Å². The van der Waals surface area contributed by atoms with E-state index < -0.39 is 0 Å². The zero-order chi connectivity index (χ0) is 17.6. The van der Waals surface area contributed by atoms with Crippen LogP contribution in [0.15, 0.2) is 35.1 Å². The number of aryl methyl sites for hydroxylation is 1. The molecule has 0 spiro atoms. The number of H-pyrrole nitrogens is 1. The van der Waals surface area contributed by atoms with Crippen molar-refractivity contribution in [2.24, 2.45) is 0 Å². The van der Waals surface area contributed by atoms with Gasteiger partial charge in [0.15, 0.2) is 0 Å². The zero-order valence-corrected chi connectivity index (χ0v) is 15.6. The molecule has 1 aromatic heterocycles. The Labute approximate surface area is 150 Å². The highest BCUT2D eigenvalue weighted by atomic mass is 16.1. The van der Waals surface area contributed by atoms with E-state index in [-0.39, 0.29) is 11.6 Å². The maximum atomic E-state index is 12.1. The third-order valence-electron chi connectivity index (χ3n) is 5.39. The van der Waals surface area contributed by atoms with Crippen molar-refractivity contribution in [1.29, 1.82) is 0 Å². The molecule has 25 heavy (non-hydrogen) atoms. The van der Waals surface area contributed by atoms with Crippen LogP contribution in [0.3, 0.4) is 0 Å². The lowest BCUT2D eigenvalue weighted by Gasteiger charge is -2.25. The molecule has 1 heterocycles. The molecule has 1 fully saturated rings. The van der Waals surface area contributed by atoms with Crippen LogP contribution in [0.4, 0.5) is 0 Å². The molecule has 0 unspecified atom stereocenters. The standard InChI is InChI=1S/C22H30N2O/c1-16(2)20-19(15-9-12-17-10-5-3-6-11-17)21(24-22(25)23-20)18-13-7-4-8-14-18/h3,5-6,10-11,16,18H,4,7-9,12-15H2,1-2H3,(H,23,24,25). The Morgan fingerprint density at radius 3 is 2.48 bits per heavy atom.